The Morgan fingerprint density at radius 1 is 1.14 bits per heavy atom. The number of fused-ring (bicyclic) bond motifs is 1. The zero-order chi connectivity index (χ0) is 17.0. The third-order valence-corrected chi connectivity index (χ3v) is 4.18. The van der Waals surface area contributed by atoms with Gasteiger partial charge in [0.25, 0.3) is 0 Å². The highest BCUT2D eigenvalue weighted by atomic mass is 15.0. The lowest BCUT2D eigenvalue weighted by Crippen LogP contribution is -2.14. The van der Waals surface area contributed by atoms with Crippen LogP contribution in [0.4, 0.5) is 0 Å². The first-order chi connectivity index (χ1) is 10.6. The van der Waals surface area contributed by atoms with Crippen LogP contribution in [0.15, 0.2) is 24.3 Å². The monoisotopic (exact) mass is 305 g/mol. The lowest BCUT2D eigenvalue weighted by molar-refractivity contribution is 0.398. The lowest BCUT2D eigenvalue weighted by atomic mass is 9.77. The van der Waals surface area contributed by atoms with Gasteiger partial charge < -0.3 is 4.90 Å². The molecule has 0 amide bonds. The van der Waals surface area contributed by atoms with Gasteiger partial charge in [0.05, 0.1) is 0 Å². The molecule has 0 saturated heterocycles. The fraction of sp³-hybridized carbons (Fsp3) is 0.714. The van der Waals surface area contributed by atoms with Gasteiger partial charge >= 0.3 is 0 Å². The van der Waals surface area contributed by atoms with Crippen molar-refractivity contribution in [3.63, 3.8) is 0 Å². The fourth-order valence-electron chi connectivity index (χ4n) is 2.96. The van der Waals surface area contributed by atoms with Gasteiger partial charge in [-0.05, 0) is 69.3 Å². The Hall–Kier alpha value is -0.820. The molecule has 0 heterocycles. The van der Waals surface area contributed by atoms with E-state index < -0.39 is 0 Å². The van der Waals surface area contributed by atoms with Crippen LogP contribution in [0.2, 0.25) is 0 Å². The fourth-order valence-corrected chi connectivity index (χ4v) is 2.96. The molecule has 1 nitrogen and oxygen atoms in total. The number of hydrogen-bond donors (Lipinski definition) is 0. The van der Waals surface area contributed by atoms with E-state index in [4.69, 9.17) is 0 Å². The normalized spacial score (nSPS) is 16.3. The highest BCUT2D eigenvalue weighted by Crippen LogP contribution is 2.36. The second kappa shape index (κ2) is 12.7. The average molecular weight is 306 g/mol. The minimum Gasteiger partial charge on any atom is -0.309 e. The minimum absolute atomic E-state index is 0.793. The minimum atomic E-state index is 0.793. The summed E-state index contributed by atoms with van der Waals surface area (Å²) in [5, 5.41) is 0. The van der Waals surface area contributed by atoms with Crippen LogP contribution < -0.4 is 0 Å². The second-order valence-corrected chi connectivity index (χ2v) is 6.60. The number of hydrogen-bond acceptors (Lipinski definition) is 1. The van der Waals surface area contributed by atoms with Crippen molar-refractivity contribution in [2.24, 2.45) is 5.92 Å². The van der Waals surface area contributed by atoms with Gasteiger partial charge in [0.1, 0.15) is 0 Å². The van der Waals surface area contributed by atoms with Crippen molar-refractivity contribution in [2.75, 3.05) is 20.6 Å². The first kappa shape index (κ1) is 21.2. The summed E-state index contributed by atoms with van der Waals surface area (Å²) in [4.78, 5) is 2.21. The third kappa shape index (κ3) is 7.98. The molecule has 2 rings (SSSR count). The molecule has 0 bridgehead atoms. The van der Waals surface area contributed by atoms with Crippen LogP contribution in [0.3, 0.4) is 0 Å². The highest BCUT2D eigenvalue weighted by molar-refractivity contribution is 5.32. The largest absolute Gasteiger partial charge is 0.309 e. The van der Waals surface area contributed by atoms with E-state index in [2.05, 4.69) is 64.0 Å². The van der Waals surface area contributed by atoms with E-state index >= 15 is 0 Å². The Kier molecular flexibility index (Phi) is 12.2. The molecule has 0 aliphatic heterocycles. The van der Waals surface area contributed by atoms with Crippen LogP contribution in [0.5, 0.6) is 0 Å². The van der Waals surface area contributed by atoms with Crippen molar-refractivity contribution in [2.45, 2.75) is 72.6 Å². The average Bonchev–Trinajstić information content (AvgIpc) is 2.54. The number of benzene rings is 1. The maximum Gasteiger partial charge on any atom is -0.00249 e. The van der Waals surface area contributed by atoms with Crippen molar-refractivity contribution < 1.29 is 0 Å². The Labute approximate surface area is 140 Å². The number of unbranched alkanes of at least 4 members (excludes halogenated alkanes) is 1. The molecule has 1 heteroatoms. The SMILES string of the molecule is CC.CC(C)C1CCCc2ccccc21.CCCCN(C)C. The van der Waals surface area contributed by atoms with Crippen LogP contribution >= 0.6 is 0 Å². The molecular weight excluding hydrogens is 266 g/mol. The Morgan fingerprint density at radius 3 is 2.27 bits per heavy atom. The number of rotatable bonds is 4. The topological polar surface area (TPSA) is 3.24 Å². The smallest absolute Gasteiger partial charge is 0.00249 e. The molecular formula is C21H39N. The Bertz CT molecular complexity index is 368. The molecule has 0 N–H and O–H groups in total. The molecule has 1 atom stereocenters. The summed E-state index contributed by atoms with van der Waals surface area (Å²) in [6, 6.07) is 8.96. The molecule has 1 aromatic rings. The van der Waals surface area contributed by atoms with Crippen LogP contribution in [-0.4, -0.2) is 25.5 Å². The first-order valence-electron chi connectivity index (χ1n) is 9.28. The summed E-state index contributed by atoms with van der Waals surface area (Å²) >= 11 is 0. The van der Waals surface area contributed by atoms with Gasteiger partial charge in [-0.3, -0.25) is 0 Å². The van der Waals surface area contributed by atoms with E-state index in [1.54, 1.807) is 11.1 Å². The van der Waals surface area contributed by atoms with E-state index in [1.165, 1.54) is 38.6 Å². The van der Waals surface area contributed by atoms with Gasteiger partial charge in [-0.15, -0.1) is 0 Å². The van der Waals surface area contributed by atoms with E-state index in [1.807, 2.05) is 13.8 Å². The van der Waals surface area contributed by atoms with Gasteiger partial charge in [0.15, 0.2) is 0 Å². The third-order valence-electron chi connectivity index (χ3n) is 4.18. The standard InChI is InChI=1S/C13H18.C6H15N.C2H6/c1-10(2)12-9-5-7-11-6-3-4-8-13(11)12;1-4-5-6-7(2)3;1-2/h3-4,6,8,10,12H,5,7,9H2,1-2H3;4-6H2,1-3H3;1-2H3. The highest BCUT2D eigenvalue weighted by Gasteiger charge is 2.21. The van der Waals surface area contributed by atoms with Crippen molar-refractivity contribution in [1.29, 1.82) is 0 Å². The van der Waals surface area contributed by atoms with Crippen LogP contribution in [0.25, 0.3) is 0 Å². The van der Waals surface area contributed by atoms with E-state index in [9.17, 15) is 0 Å². The number of aryl methyl sites for hydroxylation is 1. The Balaban J connectivity index is 0.000000421. The molecule has 1 unspecified atom stereocenters. The molecule has 0 aromatic heterocycles. The Morgan fingerprint density at radius 2 is 1.77 bits per heavy atom. The zero-order valence-electron chi connectivity index (χ0n) is 16.2. The quantitative estimate of drug-likeness (QED) is 0.646. The summed E-state index contributed by atoms with van der Waals surface area (Å²) in [5.41, 5.74) is 3.20. The molecule has 1 aliphatic rings. The van der Waals surface area contributed by atoms with Gasteiger partial charge in [0, 0.05) is 0 Å². The summed E-state index contributed by atoms with van der Waals surface area (Å²) in [7, 11) is 4.21. The first-order valence-corrected chi connectivity index (χ1v) is 9.28. The summed E-state index contributed by atoms with van der Waals surface area (Å²) in [5.74, 6) is 1.60. The maximum atomic E-state index is 2.34. The second-order valence-electron chi connectivity index (χ2n) is 6.60. The predicted octanol–water partition coefficient (Wildman–Crippen LogP) is 6.14. The summed E-state index contributed by atoms with van der Waals surface area (Å²) in [6.45, 7) is 12.1. The van der Waals surface area contributed by atoms with Crippen molar-refractivity contribution >= 4 is 0 Å². The zero-order valence-corrected chi connectivity index (χ0v) is 16.2. The van der Waals surface area contributed by atoms with Crippen LogP contribution in [-0.2, 0) is 6.42 Å². The molecule has 0 fully saturated rings. The lowest BCUT2D eigenvalue weighted by Gasteiger charge is -2.28. The molecule has 1 aromatic carbocycles. The summed E-state index contributed by atoms with van der Waals surface area (Å²) < 4.78 is 0. The molecule has 0 spiro atoms. The van der Waals surface area contributed by atoms with E-state index in [0.29, 0.717) is 0 Å². The van der Waals surface area contributed by atoms with Gasteiger partial charge in [-0.25, -0.2) is 0 Å². The van der Waals surface area contributed by atoms with Gasteiger partial charge in [-0.2, -0.15) is 0 Å². The van der Waals surface area contributed by atoms with Crippen molar-refractivity contribution in [1.82, 2.24) is 4.90 Å². The molecule has 0 saturated carbocycles. The molecule has 1 aliphatic carbocycles. The van der Waals surface area contributed by atoms with E-state index in [-0.39, 0.29) is 0 Å². The van der Waals surface area contributed by atoms with E-state index in [0.717, 1.165) is 11.8 Å². The van der Waals surface area contributed by atoms with Crippen LogP contribution in [0, 0.1) is 5.92 Å². The van der Waals surface area contributed by atoms with Crippen molar-refractivity contribution in [3.8, 4) is 0 Å². The molecule has 0 radical (unpaired) electrons. The van der Waals surface area contributed by atoms with Gasteiger partial charge in [-0.1, -0.05) is 65.3 Å². The molecule has 128 valence electrons. The summed E-state index contributed by atoms with van der Waals surface area (Å²) in [6.07, 6.45) is 6.68. The molecule has 22 heavy (non-hydrogen) atoms. The van der Waals surface area contributed by atoms with Gasteiger partial charge in [0.2, 0.25) is 0 Å². The van der Waals surface area contributed by atoms with Crippen molar-refractivity contribution in [3.05, 3.63) is 35.4 Å². The number of nitrogens with zero attached hydrogens (tertiary/aromatic N) is 1. The van der Waals surface area contributed by atoms with Crippen LogP contribution in [0.1, 0.15) is 77.3 Å². The predicted molar refractivity (Wildman–Crippen MR) is 102 cm³/mol. The maximum absolute atomic E-state index is 2.34.